The number of amides is 1. The molecule has 0 radical (unpaired) electrons. The second-order valence-electron chi connectivity index (χ2n) is 6.51. The number of carbonyl (C=O) groups excluding carboxylic acids is 1. The summed E-state index contributed by atoms with van der Waals surface area (Å²) < 4.78 is 15.1. The predicted octanol–water partition coefficient (Wildman–Crippen LogP) is 1.84. The molecule has 0 bridgehead atoms. The molecule has 1 fully saturated rings. The summed E-state index contributed by atoms with van der Waals surface area (Å²) >= 11 is 0. The van der Waals surface area contributed by atoms with Crippen molar-refractivity contribution >= 4 is 5.91 Å². The van der Waals surface area contributed by atoms with Gasteiger partial charge >= 0.3 is 0 Å². The number of hydrogen-bond acceptors (Lipinski definition) is 4. The number of aryl methyl sites for hydroxylation is 1. The van der Waals surface area contributed by atoms with Gasteiger partial charge in [-0.2, -0.15) is 5.10 Å². The maximum absolute atomic E-state index is 13.3. The molecule has 1 aromatic carbocycles. The number of hydrogen-bond donors (Lipinski definition) is 1. The third-order valence-electron chi connectivity index (χ3n) is 4.50. The summed E-state index contributed by atoms with van der Waals surface area (Å²) in [5, 5.41) is 7.06. The number of rotatable bonds is 7. The zero-order valence-corrected chi connectivity index (χ0v) is 14.3. The number of carbonyl (C=O) groups is 1. The Kier molecular flexibility index (Phi) is 6.11. The Balaban J connectivity index is 1.41. The zero-order chi connectivity index (χ0) is 17.5. The molecule has 0 unspecified atom stereocenters. The zero-order valence-electron chi connectivity index (χ0n) is 14.3. The molecule has 1 atom stereocenters. The minimum absolute atomic E-state index is 0.00804. The molecule has 1 saturated heterocycles. The highest BCUT2D eigenvalue weighted by Gasteiger charge is 2.25. The molecule has 2 aromatic rings. The van der Waals surface area contributed by atoms with Gasteiger partial charge in [0.1, 0.15) is 18.5 Å². The van der Waals surface area contributed by atoms with E-state index in [0.29, 0.717) is 13.1 Å². The lowest BCUT2D eigenvalue weighted by Gasteiger charge is -2.32. The first-order valence-corrected chi connectivity index (χ1v) is 8.77. The van der Waals surface area contributed by atoms with Gasteiger partial charge in [0.05, 0.1) is 5.92 Å². The number of piperidine rings is 1. The van der Waals surface area contributed by atoms with Gasteiger partial charge in [-0.1, -0.05) is 12.1 Å². The Morgan fingerprint density at radius 1 is 1.40 bits per heavy atom. The van der Waals surface area contributed by atoms with Crippen LogP contribution < -0.4 is 5.32 Å². The highest BCUT2D eigenvalue weighted by molar-refractivity contribution is 5.78. The molecule has 3 rings (SSSR count). The van der Waals surface area contributed by atoms with E-state index in [4.69, 9.17) is 0 Å². The van der Waals surface area contributed by atoms with Crippen LogP contribution in [0.3, 0.4) is 0 Å². The fourth-order valence-electron chi connectivity index (χ4n) is 3.25. The van der Waals surface area contributed by atoms with E-state index < -0.39 is 0 Å². The summed E-state index contributed by atoms with van der Waals surface area (Å²) in [5.41, 5.74) is 0.953. The molecule has 25 heavy (non-hydrogen) atoms. The molecular formula is C18H24FN5O. The van der Waals surface area contributed by atoms with E-state index in [9.17, 15) is 9.18 Å². The lowest BCUT2D eigenvalue weighted by molar-refractivity contribution is -0.126. The maximum atomic E-state index is 13.3. The minimum Gasteiger partial charge on any atom is -0.356 e. The molecule has 7 heteroatoms. The summed E-state index contributed by atoms with van der Waals surface area (Å²) in [6.45, 7) is 3.75. The van der Waals surface area contributed by atoms with Crippen LogP contribution in [0.4, 0.5) is 4.39 Å². The van der Waals surface area contributed by atoms with E-state index >= 15 is 0 Å². The third-order valence-corrected chi connectivity index (χ3v) is 4.50. The van der Waals surface area contributed by atoms with E-state index in [1.54, 1.807) is 23.1 Å². The molecule has 1 N–H and O–H groups in total. The Hall–Kier alpha value is -2.28. The summed E-state index contributed by atoms with van der Waals surface area (Å²) in [7, 11) is 0. The minimum atomic E-state index is -0.212. The van der Waals surface area contributed by atoms with E-state index in [-0.39, 0.29) is 17.6 Å². The topological polar surface area (TPSA) is 63.1 Å². The molecule has 0 saturated carbocycles. The monoisotopic (exact) mass is 345 g/mol. The summed E-state index contributed by atoms with van der Waals surface area (Å²) in [6.07, 6.45) is 5.91. The fourth-order valence-corrected chi connectivity index (χ4v) is 3.25. The van der Waals surface area contributed by atoms with Crippen molar-refractivity contribution in [1.29, 1.82) is 0 Å². The largest absolute Gasteiger partial charge is 0.356 e. The summed E-state index contributed by atoms with van der Waals surface area (Å²) in [6, 6.07) is 6.67. The first-order chi connectivity index (χ1) is 12.2. The molecule has 1 aromatic heterocycles. The standard InChI is InChI=1S/C18H24FN5O/c19-17-6-1-4-15(10-17)11-23-8-2-5-16(12-23)18(25)21-7-3-9-24-14-20-13-22-24/h1,4,6,10,13-14,16H,2-3,5,7-9,11-12H2,(H,21,25)/t16-/m1/s1. The average molecular weight is 345 g/mol. The summed E-state index contributed by atoms with van der Waals surface area (Å²) in [4.78, 5) is 18.5. The third kappa shape index (κ3) is 5.35. The molecular weight excluding hydrogens is 321 g/mol. The van der Waals surface area contributed by atoms with Crippen LogP contribution in [-0.4, -0.2) is 45.2 Å². The highest BCUT2D eigenvalue weighted by Crippen LogP contribution is 2.19. The van der Waals surface area contributed by atoms with Gasteiger partial charge in [-0.3, -0.25) is 14.4 Å². The Morgan fingerprint density at radius 2 is 2.32 bits per heavy atom. The SMILES string of the molecule is O=C(NCCCn1cncn1)[C@@H]1CCCN(Cc2cccc(F)c2)C1. The smallest absolute Gasteiger partial charge is 0.224 e. The lowest BCUT2D eigenvalue weighted by atomic mass is 9.96. The van der Waals surface area contributed by atoms with Crippen LogP contribution in [-0.2, 0) is 17.9 Å². The number of nitrogens with one attached hydrogen (secondary N) is 1. The van der Waals surface area contributed by atoms with Gasteiger partial charge in [0.25, 0.3) is 0 Å². The van der Waals surface area contributed by atoms with Crippen molar-refractivity contribution in [2.45, 2.75) is 32.4 Å². The van der Waals surface area contributed by atoms with E-state index in [0.717, 1.165) is 44.5 Å². The highest BCUT2D eigenvalue weighted by atomic mass is 19.1. The van der Waals surface area contributed by atoms with Crippen LogP contribution in [0.1, 0.15) is 24.8 Å². The quantitative estimate of drug-likeness (QED) is 0.778. The average Bonchev–Trinajstić information content (AvgIpc) is 3.12. The van der Waals surface area contributed by atoms with Crippen LogP contribution in [0.5, 0.6) is 0 Å². The number of aromatic nitrogens is 3. The van der Waals surface area contributed by atoms with Gasteiger partial charge in [-0.15, -0.1) is 0 Å². The molecule has 0 spiro atoms. The molecule has 1 aliphatic rings. The van der Waals surface area contributed by atoms with Crippen molar-refractivity contribution in [2.24, 2.45) is 5.92 Å². The van der Waals surface area contributed by atoms with Crippen molar-refractivity contribution in [3.8, 4) is 0 Å². The van der Waals surface area contributed by atoms with Crippen molar-refractivity contribution < 1.29 is 9.18 Å². The van der Waals surface area contributed by atoms with Crippen LogP contribution in [0.2, 0.25) is 0 Å². The van der Waals surface area contributed by atoms with Gasteiger partial charge in [0, 0.05) is 26.2 Å². The molecule has 134 valence electrons. The van der Waals surface area contributed by atoms with Crippen molar-refractivity contribution in [3.63, 3.8) is 0 Å². The molecule has 6 nitrogen and oxygen atoms in total. The Labute approximate surface area is 147 Å². The number of nitrogens with zero attached hydrogens (tertiary/aromatic N) is 4. The molecule has 0 aliphatic carbocycles. The lowest BCUT2D eigenvalue weighted by Crippen LogP contribution is -2.43. The Morgan fingerprint density at radius 3 is 3.12 bits per heavy atom. The van der Waals surface area contributed by atoms with Crippen LogP contribution >= 0.6 is 0 Å². The van der Waals surface area contributed by atoms with Crippen molar-refractivity contribution in [1.82, 2.24) is 25.0 Å². The first-order valence-electron chi connectivity index (χ1n) is 8.77. The summed E-state index contributed by atoms with van der Waals surface area (Å²) in [5.74, 6) is -0.0904. The van der Waals surface area contributed by atoms with Crippen molar-refractivity contribution in [2.75, 3.05) is 19.6 Å². The maximum Gasteiger partial charge on any atom is 0.224 e. The first kappa shape index (κ1) is 17.5. The van der Waals surface area contributed by atoms with Crippen LogP contribution in [0, 0.1) is 11.7 Å². The van der Waals surface area contributed by atoms with E-state index in [1.165, 1.54) is 12.4 Å². The molecule has 2 heterocycles. The Bertz CT molecular complexity index is 676. The van der Waals surface area contributed by atoms with Crippen LogP contribution in [0.15, 0.2) is 36.9 Å². The van der Waals surface area contributed by atoms with E-state index in [2.05, 4.69) is 20.3 Å². The predicted molar refractivity (Wildman–Crippen MR) is 92.0 cm³/mol. The van der Waals surface area contributed by atoms with Gasteiger partial charge in [0.15, 0.2) is 0 Å². The molecule has 1 aliphatic heterocycles. The van der Waals surface area contributed by atoms with Gasteiger partial charge in [0.2, 0.25) is 5.91 Å². The number of halogens is 1. The number of likely N-dealkylation sites (tertiary alicyclic amines) is 1. The number of benzene rings is 1. The normalized spacial score (nSPS) is 18.2. The van der Waals surface area contributed by atoms with Gasteiger partial charge in [-0.05, 0) is 43.5 Å². The fraction of sp³-hybridized carbons (Fsp3) is 0.500. The van der Waals surface area contributed by atoms with Crippen molar-refractivity contribution in [3.05, 3.63) is 48.3 Å². The van der Waals surface area contributed by atoms with E-state index in [1.807, 2.05) is 6.07 Å². The van der Waals surface area contributed by atoms with Gasteiger partial charge < -0.3 is 5.32 Å². The molecule has 1 amide bonds. The second-order valence-corrected chi connectivity index (χ2v) is 6.51. The second kappa shape index (κ2) is 8.71. The van der Waals surface area contributed by atoms with Crippen LogP contribution in [0.25, 0.3) is 0 Å². The van der Waals surface area contributed by atoms with Gasteiger partial charge in [-0.25, -0.2) is 9.37 Å².